The molecule has 5 rings (SSSR count). The molecule has 1 unspecified atom stereocenters. The van der Waals surface area contributed by atoms with Gasteiger partial charge in [-0.3, -0.25) is 9.55 Å². The monoisotopic (exact) mass is 409 g/mol. The first-order valence-corrected chi connectivity index (χ1v) is 9.88. The first-order chi connectivity index (χ1) is 14.6. The summed E-state index contributed by atoms with van der Waals surface area (Å²) in [5.74, 6) is 0. The fraction of sp³-hybridized carbons (Fsp3) is 0.381. The van der Waals surface area contributed by atoms with Crippen LogP contribution in [0.3, 0.4) is 0 Å². The predicted molar refractivity (Wildman–Crippen MR) is 112 cm³/mol. The molecule has 156 valence electrons. The number of methoxy groups -OCH3 is 1. The first-order valence-electron chi connectivity index (χ1n) is 9.88. The van der Waals surface area contributed by atoms with E-state index in [4.69, 9.17) is 14.2 Å². The number of aromatic amines is 2. The van der Waals surface area contributed by atoms with E-state index in [9.17, 15) is 4.79 Å². The minimum Gasteiger partial charge on any atom is -0.382 e. The van der Waals surface area contributed by atoms with E-state index in [2.05, 4.69) is 26.9 Å². The quantitative estimate of drug-likeness (QED) is 0.522. The largest absolute Gasteiger partial charge is 0.382 e. The molecule has 0 radical (unpaired) electrons. The summed E-state index contributed by atoms with van der Waals surface area (Å²) in [6.45, 7) is 3.81. The number of pyridine rings is 2. The molecule has 4 aromatic heterocycles. The lowest BCUT2D eigenvalue weighted by Crippen LogP contribution is -2.41. The normalized spacial score (nSPS) is 19.7. The summed E-state index contributed by atoms with van der Waals surface area (Å²) in [6.07, 6.45) is 5.10. The van der Waals surface area contributed by atoms with Gasteiger partial charge in [0.25, 0.3) is 0 Å². The van der Waals surface area contributed by atoms with Crippen molar-refractivity contribution in [1.29, 1.82) is 0 Å². The van der Waals surface area contributed by atoms with Gasteiger partial charge in [0.2, 0.25) is 0 Å². The lowest BCUT2D eigenvalue weighted by molar-refractivity contribution is -0.157. The number of H-pyrrole nitrogens is 2. The molecule has 0 amide bonds. The van der Waals surface area contributed by atoms with E-state index in [0.717, 1.165) is 33.2 Å². The molecule has 5 heterocycles. The highest BCUT2D eigenvalue weighted by Crippen LogP contribution is 2.29. The van der Waals surface area contributed by atoms with E-state index >= 15 is 0 Å². The fourth-order valence-corrected chi connectivity index (χ4v) is 4.05. The van der Waals surface area contributed by atoms with Gasteiger partial charge in [0.1, 0.15) is 11.8 Å². The number of rotatable bonds is 5. The zero-order valence-electron chi connectivity index (χ0n) is 16.8. The number of nitrogens with zero attached hydrogens (tertiary/aromatic N) is 3. The van der Waals surface area contributed by atoms with Crippen LogP contribution >= 0.6 is 0 Å². The van der Waals surface area contributed by atoms with Gasteiger partial charge < -0.3 is 19.2 Å². The minimum atomic E-state index is -0.237. The van der Waals surface area contributed by atoms with Gasteiger partial charge in [-0.1, -0.05) is 0 Å². The van der Waals surface area contributed by atoms with E-state index in [1.807, 2.05) is 24.5 Å². The highest BCUT2D eigenvalue weighted by molar-refractivity contribution is 5.88. The van der Waals surface area contributed by atoms with Crippen LogP contribution in [-0.4, -0.2) is 63.6 Å². The Hall–Kier alpha value is -3.01. The van der Waals surface area contributed by atoms with Crippen LogP contribution in [0.25, 0.3) is 33.3 Å². The Morgan fingerprint density at radius 1 is 1.23 bits per heavy atom. The van der Waals surface area contributed by atoms with Crippen LogP contribution in [0.15, 0.2) is 35.5 Å². The van der Waals surface area contributed by atoms with Gasteiger partial charge in [-0.25, -0.2) is 14.8 Å². The molecule has 9 heteroatoms. The SMILES string of the molecule is COCC1COC[C@H](Cn2c(=O)[nH]c3ncc(-c4cnc5[nH]ccc5c4C)cc32)O1. The Balaban J connectivity index is 1.51. The Kier molecular flexibility index (Phi) is 4.86. The maximum atomic E-state index is 12.6. The summed E-state index contributed by atoms with van der Waals surface area (Å²) in [4.78, 5) is 27.5. The number of nitrogens with one attached hydrogen (secondary N) is 2. The van der Waals surface area contributed by atoms with Crippen molar-refractivity contribution >= 4 is 22.2 Å². The second-order valence-electron chi connectivity index (χ2n) is 7.54. The van der Waals surface area contributed by atoms with E-state index in [-0.39, 0.29) is 17.9 Å². The van der Waals surface area contributed by atoms with Crippen LogP contribution in [0.2, 0.25) is 0 Å². The second-order valence-corrected chi connectivity index (χ2v) is 7.54. The number of fused-ring (bicyclic) bond motifs is 2. The molecule has 1 aliphatic heterocycles. The minimum absolute atomic E-state index is 0.134. The van der Waals surface area contributed by atoms with E-state index < -0.39 is 0 Å². The summed E-state index contributed by atoms with van der Waals surface area (Å²) in [7, 11) is 1.63. The molecule has 2 N–H and O–H groups in total. The Labute approximate surface area is 172 Å². The van der Waals surface area contributed by atoms with Crippen LogP contribution in [-0.2, 0) is 20.8 Å². The number of hydrogen-bond donors (Lipinski definition) is 2. The lowest BCUT2D eigenvalue weighted by Gasteiger charge is -2.29. The van der Waals surface area contributed by atoms with Crippen molar-refractivity contribution in [2.45, 2.75) is 25.7 Å². The van der Waals surface area contributed by atoms with Gasteiger partial charge in [0.15, 0.2) is 5.65 Å². The topological polar surface area (TPSA) is 107 Å². The summed E-state index contributed by atoms with van der Waals surface area (Å²) in [6, 6.07) is 3.98. The summed E-state index contributed by atoms with van der Waals surface area (Å²) in [5.41, 5.74) is 4.89. The third kappa shape index (κ3) is 3.30. The second kappa shape index (κ2) is 7.67. The van der Waals surface area contributed by atoms with Gasteiger partial charge in [0, 0.05) is 42.2 Å². The van der Waals surface area contributed by atoms with Gasteiger partial charge >= 0.3 is 5.69 Å². The van der Waals surface area contributed by atoms with Crippen molar-refractivity contribution in [1.82, 2.24) is 24.5 Å². The van der Waals surface area contributed by atoms with Crippen LogP contribution in [0.4, 0.5) is 0 Å². The number of aryl methyl sites for hydroxylation is 1. The Bertz CT molecular complexity index is 1260. The van der Waals surface area contributed by atoms with Gasteiger partial charge in [-0.05, 0) is 24.6 Å². The molecule has 1 fully saturated rings. The van der Waals surface area contributed by atoms with Crippen LogP contribution in [0.1, 0.15) is 5.56 Å². The van der Waals surface area contributed by atoms with Crippen molar-refractivity contribution in [2.75, 3.05) is 26.9 Å². The van der Waals surface area contributed by atoms with Crippen LogP contribution < -0.4 is 5.69 Å². The molecule has 4 aromatic rings. The molecule has 2 atom stereocenters. The van der Waals surface area contributed by atoms with Crippen molar-refractivity contribution in [2.24, 2.45) is 0 Å². The third-order valence-electron chi connectivity index (χ3n) is 5.53. The predicted octanol–water partition coefficient (Wildman–Crippen LogP) is 2.01. The van der Waals surface area contributed by atoms with Crippen LogP contribution in [0.5, 0.6) is 0 Å². The molecular formula is C21H23N5O4. The Morgan fingerprint density at radius 2 is 2.07 bits per heavy atom. The van der Waals surface area contributed by atoms with Crippen LogP contribution in [0, 0.1) is 6.92 Å². The third-order valence-corrected chi connectivity index (χ3v) is 5.53. The first kappa shape index (κ1) is 19.0. The van der Waals surface area contributed by atoms with E-state index in [1.54, 1.807) is 17.9 Å². The van der Waals surface area contributed by atoms with Gasteiger partial charge in [0.05, 0.1) is 38.0 Å². The van der Waals surface area contributed by atoms with Crippen molar-refractivity contribution in [3.05, 3.63) is 46.8 Å². The fourth-order valence-electron chi connectivity index (χ4n) is 4.05. The molecular weight excluding hydrogens is 386 g/mol. The summed E-state index contributed by atoms with van der Waals surface area (Å²) < 4.78 is 18.5. The average Bonchev–Trinajstić information content (AvgIpc) is 3.34. The van der Waals surface area contributed by atoms with E-state index in [0.29, 0.717) is 32.0 Å². The molecule has 30 heavy (non-hydrogen) atoms. The maximum Gasteiger partial charge on any atom is 0.327 e. The summed E-state index contributed by atoms with van der Waals surface area (Å²) >= 11 is 0. The molecule has 0 aromatic carbocycles. The highest BCUT2D eigenvalue weighted by atomic mass is 16.6. The number of aromatic nitrogens is 5. The average molecular weight is 409 g/mol. The van der Waals surface area contributed by atoms with Crippen molar-refractivity contribution in [3.8, 4) is 11.1 Å². The molecule has 0 aliphatic carbocycles. The highest BCUT2D eigenvalue weighted by Gasteiger charge is 2.25. The summed E-state index contributed by atoms with van der Waals surface area (Å²) in [5, 5.41) is 1.07. The lowest BCUT2D eigenvalue weighted by atomic mass is 10.0. The smallest absolute Gasteiger partial charge is 0.327 e. The maximum absolute atomic E-state index is 12.6. The van der Waals surface area contributed by atoms with E-state index in [1.165, 1.54) is 0 Å². The van der Waals surface area contributed by atoms with Crippen molar-refractivity contribution in [3.63, 3.8) is 0 Å². The van der Waals surface area contributed by atoms with Crippen molar-refractivity contribution < 1.29 is 14.2 Å². The standard InChI is InChI=1S/C21H23N5O4/c1-12-16-3-4-22-19(16)24-7-17(12)13-5-18-20(23-6-13)25-21(27)26(18)8-14-10-29-11-15(30-14)9-28-2/h3-7,14-15H,8-11H2,1-2H3,(H,22,24)(H,23,25,27)/t14-,15?/m0/s1. The molecule has 1 aliphatic rings. The molecule has 0 bridgehead atoms. The number of hydrogen-bond acceptors (Lipinski definition) is 6. The number of ether oxygens (including phenoxy) is 3. The molecule has 0 saturated carbocycles. The molecule has 1 saturated heterocycles. The van der Waals surface area contributed by atoms with Gasteiger partial charge in [-0.2, -0.15) is 0 Å². The number of imidazole rings is 1. The van der Waals surface area contributed by atoms with Gasteiger partial charge in [-0.15, -0.1) is 0 Å². The Morgan fingerprint density at radius 3 is 2.93 bits per heavy atom. The zero-order chi connectivity index (χ0) is 20.7. The molecule has 9 nitrogen and oxygen atoms in total. The molecule has 0 spiro atoms. The zero-order valence-corrected chi connectivity index (χ0v) is 16.8.